The summed E-state index contributed by atoms with van der Waals surface area (Å²) in [4.78, 5) is 0. The maximum Gasteiger partial charge on any atom is 0.0815 e. The van der Waals surface area contributed by atoms with Gasteiger partial charge in [0.1, 0.15) is 0 Å². The molecule has 0 bridgehead atoms. The molecule has 0 amide bonds. The van der Waals surface area contributed by atoms with Gasteiger partial charge >= 0.3 is 0 Å². The van der Waals surface area contributed by atoms with E-state index >= 15 is 0 Å². The van der Waals surface area contributed by atoms with Gasteiger partial charge in [0, 0.05) is 30.5 Å². The van der Waals surface area contributed by atoms with Crippen LogP contribution in [0.25, 0.3) is 0 Å². The molecule has 1 aliphatic carbocycles. The van der Waals surface area contributed by atoms with Crippen LogP contribution in [0.1, 0.15) is 32.1 Å². The van der Waals surface area contributed by atoms with Crippen LogP contribution in [-0.4, -0.2) is 29.8 Å². The number of rotatable bonds is 4. The largest absolute Gasteiger partial charge is 0.381 e. The average Bonchev–Trinajstić information content (AvgIpc) is 2.17. The molecule has 0 atom stereocenters. The quantitative estimate of drug-likeness (QED) is 0.587. The topological polar surface area (TPSA) is 18.5 Å². The van der Waals surface area contributed by atoms with E-state index in [9.17, 15) is 0 Å². The van der Waals surface area contributed by atoms with Crippen molar-refractivity contribution in [1.29, 1.82) is 0 Å². The van der Waals surface area contributed by atoms with Crippen molar-refractivity contribution in [1.82, 2.24) is 0 Å². The van der Waals surface area contributed by atoms with Crippen LogP contribution in [0.2, 0.25) is 0 Å². The molecular formula is C11H19IO2. The minimum absolute atomic E-state index is 0.147. The summed E-state index contributed by atoms with van der Waals surface area (Å²) in [6.45, 7) is 2.75. The first-order valence-electron chi connectivity index (χ1n) is 5.62. The highest BCUT2D eigenvalue weighted by Crippen LogP contribution is 2.32. The Bertz CT molecular complexity index is 174. The van der Waals surface area contributed by atoms with Crippen molar-refractivity contribution in [2.45, 2.75) is 37.7 Å². The number of alkyl halides is 1. The highest BCUT2D eigenvalue weighted by molar-refractivity contribution is 14.1. The van der Waals surface area contributed by atoms with E-state index in [1.165, 1.54) is 19.3 Å². The molecule has 2 fully saturated rings. The number of hydrogen-bond donors (Lipinski definition) is 0. The Morgan fingerprint density at radius 2 is 2.00 bits per heavy atom. The Balaban J connectivity index is 1.77. The third kappa shape index (κ3) is 2.61. The summed E-state index contributed by atoms with van der Waals surface area (Å²) in [6.07, 6.45) is 6.35. The zero-order valence-electron chi connectivity index (χ0n) is 8.64. The summed E-state index contributed by atoms with van der Waals surface area (Å²) in [5.41, 5.74) is 0.147. The van der Waals surface area contributed by atoms with Crippen LogP contribution in [0.5, 0.6) is 0 Å². The molecule has 2 aliphatic rings. The summed E-state index contributed by atoms with van der Waals surface area (Å²) in [6, 6.07) is 0. The van der Waals surface area contributed by atoms with Crippen molar-refractivity contribution in [2.75, 3.05) is 24.2 Å². The fourth-order valence-electron chi connectivity index (χ4n) is 2.01. The Hall–Kier alpha value is 0.650. The SMILES string of the molecule is ICC1(OCC2CCC2)CCOCC1. The highest BCUT2D eigenvalue weighted by Gasteiger charge is 2.33. The molecule has 1 saturated carbocycles. The first-order chi connectivity index (χ1) is 6.85. The van der Waals surface area contributed by atoms with Gasteiger partial charge in [-0.05, 0) is 18.8 Å². The fourth-order valence-corrected chi connectivity index (χ4v) is 3.00. The Morgan fingerprint density at radius 3 is 2.50 bits per heavy atom. The van der Waals surface area contributed by atoms with Crippen LogP contribution < -0.4 is 0 Å². The predicted octanol–water partition coefficient (Wildman–Crippen LogP) is 2.79. The van der Waals surface area contributed by atoms with Gasteiger partial charge in [0.05, 0.1) is 12.2 Å². The van der Waals surface area contributed by atoms with Gasteiger partial charge in [-0.3, -0.25) is 0 Å². The average molecular weight is 310 g/mol. The maximum absolute atomic E-state index is 6.14. The van der Waals surface area contributed by atoms with Crippen LogP contribution in [0.3, 0.4) is 0 Å². The van der Waals surface area contributed by atoms with Crippen LogP contribution in [0.4, 0.5) is 0 Å². The van der Waals surface area contributed by atoms with E-state index in [4.69, 9.17) is 9.47 Å². The molecular weight excluding hydrogens is 291 g/mol. The number of ether oxygens (including phenoxy) is 2. The molecule has 0 unspecified atom stereocenters. The van der Waals surface area contributed by atoms with E-state index in [1.54, 1.807) is 0 Å². The summed E-state index contributed by atoms with van der Waals surface area (Å²) in [5.74, 6) is 0.859. The molecule has 2 nitrogen and oxygen atoms in total. The van der Waals surface area contributed by atoms with Crippen LogP contribution in [-0.2, 0) is 9.47 Å². The lowest BCUT2D eigenvalue weighted by Gasteiger charge is -2.38. The molecule has 1 aliphatic heterocycles. The molecule has 0 aromatic carbocycles. The van der Waals surface area contributed by atoms with Crippen molar-refractivity contribution in [2.24, 2.45) is 5.92 Å². The van der Waals surface area contributed by atoms with Crippen molar-refractivity contribution in [3.63, 3.8) is 0 Å². The molecule has 14 heavy (non-hydrogen) atoms. The van der Waals surface area contributed by atoms with E-state index in [-0.39, 0.29) is 5.60 Å². The van der Waals surface area contributed by atoms with Gasteiger partial charge < -0.3 is 9.47 Å². The first kappa shape index (κ1) is 11.1. The second-order valence-corrected chi connectivity index (χ2v) is 5.30. The summed E-state index contributed by atoms with van der Waals surface area (Å²) >= 11 is 2.46. The van der Waals surface area contributed by atoms with Crippen molar-refractivity contribution >= 4 is 22.6 Å². The third-order valence-electron chi connectivity index (χ3n) is 3.50. The van der Waals surface area contributed by atoms with Gasteiger partial charge in [0.15, 0.2) is 0 Å². The smallest absolute Gasteiger partial charge is 0.0815 e. The van der Waals surface area contributed by atoms with E-state index in [1.807, 2.05) is 0 Å². The third-order valence-corrected chi connectivity index (χ3v) is 4.89. The van der Waals surface area contributed by atoms with Crippen LogP contribution >= 0.6 is 22.6 Å². The van der Waals surface area contributed by atoms with Crippen LogP contribution in [0, 0.1) is 5.92 Å². The van der Waals surface area contributed by atoms with Crippen molar-refractivity contribution in [3.05, 3.63) is 0 Å². The van der Waals surface area contributed by atoms with Gasteiger partial charge in [0.25, 0.3) is 0 Å². The second kappa shape index (κ2) is 5.12. The standard InChI is InChI=1S/C11H19IO2/c12-9-11(4-6-13-7-5-11)14-8-10-2-1-3-10/h10H,1-9H2. The molecule has 82 valence electrons. The highest BCUT2D eigenvalue weighted by atomic mass is 127. The van der Waals surface area contributed by atoms with E-state index in [0.717, 1.165) is 43.0 Å². The number of hydrogen-bond acceptors (Lipinski definition) is 2. The first-order valence-corrected chi connectivity index (χ1v) is 7.15. The lowest BCUT2D eigenvalue weighted by Crippen LogP contribution is -2.42. The molecule has 1 heterocycles. The van der Waals surface area contributed by atoms with Crippen molar-refractivity contribution < 1.29 is 9.47 Å². The van der Waals surface area contributed by atoms with E-state index in [0.29, 0.717) is 0 Å². The fraction of sp³-hybridized carbons (Fsp3) is 1.00. The minimum Gasteiger partial charge on any atom is -0.381 e. The zero-order chi connectivity index (χ0) is 9.86. The zero-order valence-corrected chi connectivity index (χ0v) is 10.8. The van der Waals surface area contributed by atoms with Crippen molar-refractivity contribution in [3.8, 4) is 0 Å². The second-order valence-electron chi connectivity index (χ2n) is 4.54. The van der Waals surface area contributed by atoms with Gasteiger partial charge in [-0.15, -0.1) is 0 Å². The van der Waals surface area contributed by atoms with Gasteiger partial charge in [-0.2, -0.15) is 0 Å². The van der Waals surface area contributed by atoms with Crippen LogP contribution in [0.15, 0.2) is 0 Å². The molecule has 0 aromatic heterocycles. The lowest BCUT2D eigenvalue weighted by molar-refractivity contribution is -0.110. The molecule has 3 heteroatoms. The Labute approximate surface area is 99.9 Å². The molecule has 1 saturated heterocycles. The van der Waals surface area contributed by atoms with Gasteiger partial charge in [0.2, 0.25) is 0 Å². The van der Waals surface area contributed by atoms with Gasteiger partial charge in [-0.1, -0.05) is 29.0 Å². The van der Waals surface area contributed by atoms with Gasteiger partial charge in [-0.25, -0.2) is 0 Å². The molecule has 0 aromatic rings. The summed E-state index contributed by atoms with van der Waals surface area (Å²) < 4.78 is 12.6. The lowest BCUT2D eigenvalue weighted by atomic mass is 9.86. The maximum atomic E-state index is 6.14. The molecule has 0 N–H and O–H groups in total. The Kier molecular flexibility index (Phi) is 4.08. The normalized spacial score (nSPS) is 27.2. The van der Waals surface area contributed by atoms with E-state index < -0.39 is 0 Å². The Morgan fingerprint density at radius 1 is 1.29 bits per heavy atom. The molecule has 2 rings (SSSR count). The molecule has 0 radical (unpaired) electrons. The summed E-state index contributed by atoms with van der Waals surface area (Å²) in [5, 5.41) is 0. The molecule has 0 spiro atoms. The minimum atomic E-state index is 0.147. The predicted molar refractivity (Wildman–Crippen MR) is 65.0 cm³/mol. The monoisotopic (exact) mass is 310 g/mol. The summed E-state index contributed by atoms with van der Waals surface area (Å²) in [7, 11) is 0. The number of halogens is 1. The van der Waals surface area contributed by atoms with E-state index in [2.05, 4.69) is 22.6 Å².